The number of nitrogens with zero attached hydrogens (tertiary/aromatic N) is 2. The van der Waals surface area contributed by atoms with Crippen molar-refractivity contribution >= 4 is 28.4 Å². The summed E-state index contributed by atoms with van der Waals surface area (Å²) in [6.07, 6.45) is 3.48. The molecule has 0 aliphatic carbocycles. The lowest BCUT2D eigenvalue weighted by Crippen LogP contribution is -2.06. The highest BCUT2D eigenvalue weighted by Gasteiger charge is 2.13. The van der Waals surface area contributed by atoms with Crippen LogP contribution in [0.1, 0.15) is 22.8 Å². The minimum Gasteiger partial charge on any atom is -0.294 e. The zero-order valence-corrected chi connectivity index (χ0v) is 11.5. The highest BCUT2D eigenvalue weighted by molar-refractivity contribution is 14.1. The molecule has 2 rings (SSSR count). The summed E-state index contributed by atoms with van der Waals surface area (Å²) in [6.45, 7) is 3.08. The van der Waals surface area contributed by atoms with Gasteiger partial charge in [-0.25, -0.2) is 9.07 Å². The summed E-state index contributed by atoms with van der Waals surface area (Å²) in [4.78, 5) is 11.5. The number of rotatable bonds is 2. The van der Waals surface area contributed by atoms with E-state index in [0.717, 1.165) is 3.57 Å². The van der Waals surface area contributed by atoms with Gasteiger partial charge in [0.2, 0.25) is 0 Å². The molecule has 17 heavy (non-hydrogen) atoms. The second kappa shape index (κ2) is 4.56. The molecule has 1 aromatic carbocycles. The molecule has 0 fully saturated rings. The SMILES string of the molecule is CC(=O)c1cc(F)c(C)cc1-n1cc(I)cn1. The zero-order chi connectivity index (χ0) is 12.6. The Morgan fingerprint density at radius 1 is 1.47 bits per heavy atom. The van der Waals surface area contributed by atoms with E-state index in [-0.39, 0.29) is 11.6 Å². The molecule has 0 amide bonds. The molecule has 0 atom stereocenters. The molecule has 0 unspecified atom stereocenters. The summed E-state index contributed by atoms with van der Waals surface area (Å²) in [5.74, 6) is -0.551. The van der Waals surface area contributed by atoms with Gasteiger partial charge in [0.25, 0.3) is 0 Å². The van der Waals surface area contributed by atoms with Crippen molar-refractivity contribution in [2.45, 2.75) is 13.8 Å². The van der Waals surface area contributed by atoms with Crippen molar-refractivity contribution in [1.29, 1.82) is 0 Å². The molecule has 1 aromatic heterocycles. The Hall–Kier alpha value is -1.24. The molecule has 0 aliphatic heterocycles. The van der Waals surface area contributed by atoms with Crippen LogP contribution >= 0.6 is 22.6 Å². The molecular formula is C12H10FIN2O. The molecule has 2 aromatic rings. The predicted molar refractivity (Wildman–Crippen MR) is 71.0 cm³/mol. The lowest BCUT2D eigenvalue weighted by molar-refractivity contribution is 0.101. The van der Waals surface area contributed by atoms with Crippen LogP contribution in [0.5, 0.6) is 0 Å². The number of carbonyl (C=O) groups excluding carboxylic acids is 1. The fraction of sp³-hybridized carbons (Fsp3) is 0.167. The van der Waals surface area contributed by atoms with E-state index in [1.165, 1.54) is 13.0 Å². The Morgan fingerprint density at radius 2 is 2.18 bits per heavy atom. The molecule has 0 bridgehead atoms. The maximum absolute atomic E-state index is 13.5. The Balaban J connectivity index is 2.67. The smallest absolute Gasteiger partial charge is 0.162 e. The first-order chi connectivity index (χ1) is 7.99. The molecule has 5 heteroatoms. The van der Waals surface area contributed by atoms with Crippen LogP contribution in [0.2, 0.25) is 0 Å². The van der Waals surface area contributed by atoms with Crippen molar-refractivity contribution in [3.63, 3.8) is 0 Å². The van der Waals surface area contributed by atoms with Gasteiger partial charge in [-0.2, -0.15) is 5.10 Å². The number of hydrogen-bond donors (Lipinski definition) is 0. The predicted octanol–water partition coefficient (Wildman–Crippen LogP) is 3.13. The Labute approximate surface area is 112 Å². The maximum atomic E-state index is 13.5. The first-order valence-corrected chi connectivity index (χ1v) is 6.08. The van der Waals surface area contributed by atoms with Crippen molar-refractivity contribution in [2.75, 3.05) is 0 Å². The van der Waals surface area contributed by atoms with E-state index < -0.39 is 0 Å². The average molecular weight is 344 g/mol. The molecule has 0 saturated heterocycles. The molecule has 0 saturated carbocycles. The highest BCUT2D eigenvalue weighted by atomic mass is 127. The van der Waals surface area contributed by atoms with E-state index in [4.69, 9.17) is 0 Å². The Kier molecular flexibility index (Phi) is 3.28. The minimum atomic E-state index is -0.374. The summed E-state index contributed by atoms with van der Waals surface area (Å²) in [5.41, 5.74) is 1.45. The first kappa shape index (κ1) is 12.2. The van der Waals surface area contributed by atoms with Crippen LogP contribution in [0.15, 0.2) is 24.5 Å². The van der Waals surface area contributed by atoms with Gasteiger partial charge in [0.15, 0.2) is 5.78 Å². The average Bonchev–Trinajstić information content (AvgIpc) is 2.68. The van der Waals surface area contributed by atoms with E-state index in [1.54, 1.807) is 30.1 Å². The zero-order valence-electron chi connectivity index (χ0n) is 9.37. The molecule has 0 N–H and O–H groups in total. The van der Waals surface area contributed by atoms with E-state index in [9.17, 15) is 9.18 Å². The van der Waals surface area contributed by atoms with Crippen LogP contribution in [0.3, 0.4) is 0 Å². The van der Waals surface area contributed by atoms with Crippen LogP contribution in [0.4, 0.5) is 4.39 Å². The number of carbonyl (C=O) groups is 1. The summed E-state index contributed by atoms with van der Waals surface area (Å²) in [5, 5.41) is 4.13. The molecule has 88 valence electrons. The first-order valence-electron chi connectivity index (χ1n) is 5.00. The minimum absolute atomic E-state index is 0.176. The fourth-order valence-electron chi connectivity index (χ4n) is 1.57. The largest absolute Gasteiger partial charge is 0.294 e. The van der Waals surface area contributed by atoms with Crippen molar-refractivity contribution in [3.8, 4) is 5.69 Å². The van der Waals surface area contributed by atoms with Crippen molar-refractivity contribution < 1.29 is 9.18 Å². The van der Waals surface area contributed by atoms with Gasteiger partial charge in [0.1, 0.15) is 5.82 Å². The van der Waals surface area contributed by atoms with E-state index >= 15 is 0 Å². The second-order valence-corrected chi connectivity index (χ2v) is 5.02. The van der Waals surface area contributed by atoms with Gasteiger partial charge in [0.05, 0.1) is 15.5 Å². The summed E-state index contributed by atoms with van der Waals surface area (Å²) in [6, 6.07) is 2.90. The molecule has 3 nitrogen and oxygen atoms in total. The molecule has 0 aliphatic rings. The molecule has 0 radical (unpaired) electrons. The number of hydrogen-bond acceptors (Lipinski definition) is 2. The number of Topliss-reactive ketones (excluding diaryl/α,β-unsaturated/α-hetero) is 1. The quantitative estimate of drug-likeness (QED) is 0.620. The fourth-order valence-corrected chi connectivity index (χ4v) is 1.96. The van der Waals surface area contributed by atoms with Gasteiger partial charge in [-0.3, -0.25) is 4.79 Å². The van der Waals surface area contributed by atoms with Crippen LogP contribution in [0, 0.1) is 16.3 Å². The van der Waals surface area contributed by atoms with Crippen LogP contribution in [-0.2, 0) is 0 Å². The third-order valence-corrected chi connectivity index (χ3v) is 3.01. The number of benzene rings is 1. The number of aryl methyl sites for hydroxylation is 1. The number of ketones is 1. The van der Waals surface area contributed by atoms with Gasteiger partial charge < -0.3 is 0 Å². The number of halogens is 2. The van der Waals surface area contributed by atoms with Crippen molar-refractivity contribution in [1.82, 2.24) is 9.78 Å². The summed E-state index contributed by atoms with van der Waals surface area (Å²) >= 11 is 2.13. The Bertz CT molecular complexity index is 592. The lowest BCUT2D eigenvalue weighted by Gasteiger charge is -2.09. The van der Waals surface area contributed by atoms with E-state index in [2.05, 4.69) is 27.7 Å². The van der Waals surface area contributed by atoms with Crippen LogP contribution < -0.4 is 0 Å². The third-order valence-electron chi connectivity index (χ3n) is 2.45. The second-order valence-electron chi connectivity index (χ2n) is 3.78. The van der Waals surface area contributed by atoms with Gasteiger partial charge in [-0.05, 0) is 54.1 Å². The van der Waals surface area contributed by atoms with Crippen molar-refractivity contribution in [3.05, 3.63) is 45.0 Å². The summed E-state index contributed by atoms with van der Waals surface area (Å²) in [7, 11) is 0. The van der Waals surface area contributed by atoms with Gasteiger partial charge in [0, 0.05) is 11.8 Å². The van der Waals surface area contributed by atoms with Gasteiger partial charge in [-0.1, -0.05) is 0 Å². The van der Waals surface area contributed by atoms with E-state index in [1.807, 2.05) is 0 Å². The molecular weight excluding hydrogens is 334 g/mol. The van der Waals surface area contributed by atoms with Crippen LogP contribution in [0.25, 0.3) is 5.69 Å². The molecule has 1 heterocycles. The third kappa shape index (κ3) is 2.38. The van der Waals surface area contributed by atoms with Gasteiger partial charge >= 0.3 is 0 Å². The Morgan fingerprint density at radius 3 is 2.71 bits per heavy atom. The summed E-state index contributed by atoms with van der Waals surface area (Å²) < 4.78 is 16.0. The molecule has 0 spiro atoms. The number of aromatic nitrogens is 2. The monoisotopic (exact) mass is 344 g/mol. The lowest BCUT2D eigenvalue weighted by atomic mass is 10.1. The van der Waals surface area contributed by atoms with Crippen LogP contribution in [-0.4, -0.2) is 15.6 Å². The highest BCUT2D eigenvalue weighted by Crippen LogP contribution is 2.20. The normalized spacial score (nSPS) is 10.6. The standard InChI is InChI=1S/C12H10FIN2O/c1-7-3-12(16-6-9(14)5-15-16)10(8(2)17)4-11(7)13/h3-6H,1-2H3. The van der Waals surface area contributed by atoms with E-state index in [0.29, 0.717) is 16.8 Å². The maximum Gasteiger partial charge on any atom is 0.162 e. The topological polar surface area (TPSA) is 34.9 Å². The van der Waals surface area contributed by atoms with Crippen molar-refractivity contribution in [2.24, 2.45) is 0 Å². The van der Waals surface area contributed by atoms with Gasteiger partial charge in [-0.15, -0.1) is 0 Å².